The number of para-hydroxylation sites is 2. The van der Waals surface area contributed by atoms with Crippen molar-refractivity contribution in [2.75, 3.05) is 5.32 Å². The number of hydrogen-bond acceptors (Lipinski definition) is 4. The van der Waals surface area contributed by atoms with Crippen LogP contribution in [0, 0.1) is 0 Å². The first-order valence-corrected chi connectivity index (χ1v) is 9.79. The third-order valence-electron chi connectivity index (χ3n) is 4.83. The largest absolute Gasteiger partial charge is 0.456 e. The normalized spacial score (nSPS) is 10.7. The number of aromatic amines is 1. The van der Waals surface area contributed by atoms with Gasteiger partial charge in [-0.1, -0.05) is 42.5 Å². The maximum atomic E-state index is 12.8. The van der Waals surface area contributed by atoms with Gasteiger partial charge in [0.05, 0.1) is 11.7 Å². The third-order valence-corrected chi connectivity index (χ3v) is 4.83. The Bertz CT molecular complexity index is 1350. The molecular formula is C25H18N4O2. The van der Waals surface area contributed by atoms with E-state index in [4.69, 9.17) is 4.74 Å². The van der Waals surface area contributed by atoms with Gasteiger partial charge in [0.15, 0.2) is 5.69 Å². The Hall–Kier alpha value is -4.45. The van der Waals surface area contributed by atoms with Gasteiger partial charge in [0, 0.05) is 22.8 Å². The summed E-state index contributed by atoms with van der Waals surface area (Å²) >= 11 is 0. The van der Waals surface area contributed by atoms with E-state index in [9.17, 15) is 4.79 Å². The van der Waals surface area contributed by atoms with E-state index in [1.54, 1.807) is 12.4 Å². The van der Waals surface area contributed by atoms with Crippen LogP contribution in [0.3, 0.4) is 0 Å². The lowest BCUT2D eigenvalue weighted by Gasteiger charge is -2.08. The predicted octanol–water partition coefficient (Wildman–Crippen LogP) is 5.67. The van der Waals surface area contributed by atoms with Gasteiger partial charge in [-0.3, -0.25) is 14.9 Å². The number of H-pyrrole nitrogens is 1. The number of amides is 1. The van der Waals surface area contributed by atoms with Crippen molar-refractivity contribution in [3.05, 3.63) is 103 Å². The zero-order valence-electron chi connectivity index (χ0n) is 16.4. The molecule has 0 aliphatic heterocycles. The van der Waals surface area contributed by atoms with Gasteiger partial charge >= 0.3 is 0 Å². The van der Waals surface area contributed by atoms with Crippen LogP contribution in [0.5, 0.6) is 11.5 Å². The summed E-state index contributed by atoms with van der Waals surface area (Å²) in [6, 6.07) is 26.6. The molecule has 0 spiro atoms. The number of fused-ring (bicyclic) bond motifs is 1. The molecule has 150 valence electrons. The molecule has 0 bridgehead atoms. The summed E-state index contributed by atoms with van der Waals surface area (Å²) in [7, 11) is 0. The van der Waals surface area contributed by atoms with E-state index in [2.05, 4.69) is 20.5 Å². The molecule has 3 aromatic carbocycles. The lowest BCUT2D eigenvalue weighted by Crippen LogP contribution is -2.12. The van der Waals surface area contributed by atoms with Gasteiger partial charge in [0.2, 0.25) is 0 Å². The number of anilines is 1. The fourth-order valence-corrected chi connectivity index (χ4v) is 3.34. The fourth-order valence-electron chi connectivity index (χ4n) is 3.34. The molecule has 2 N–H and O–H groups in total. The Morgan fingerprint density at radius 2 is 1.58 bits per heavy atom. The van der Waals surface area contributed by atoms with Crippen molar-refractivity contribution in [2.24, 2.45) is 0 Å². The van der Waals surface area contributed by atoms with Crippen LogP contribution in [0.2, 0.25) is 0 Å². The fraction of sp³-hybridized carbons (Fsp3) is 0. The maximum Gasteiger partial charge on any atom is 0.276 e. The molecular weight excluding hydrogens is 388 g/mol. The van der Waals surface area contributed by atoms with Crippen LogP contribution < -0.4 is 10.1 Å². The van der Waals surface area contributed by atoms with E-state index < -0.39 is 0 Å². The zero-order chi connectivity index (χ0) is 21.0. The van der Waals surface area contributed by atoms with Crippen LogP contribution in [0.1, 0.15) is 10.5 Å². The number of nitrogens with zero attached hydrogens (tertiary/aromatic N) is 2. The Labute approximate surface area is 178 Å². The Kier molecular flexibility index (Phi) is 4.86. The number of nitrogens with one attached hydrogen (secondary N) is 2. The number of pyridine rings is 1. The van der Waals surface area contributed by atoms with E-state index in [-0.39, 0.29) is 5.91 Å². The minimum Gasteiger partial charge on any atom is -0.456 e. The SMILES string of the molecule is O=C(Nc1ccccc1)c1n[nH]c2ccc(-c3cncc(Oc4ccccc4)c3)cc12. The molecule has 0 saturated carbocycles. The standard InChI is InChI=1S/C25H18N4O2/c30-25(27-19-7-3-1-4-8-19)24-22-14-17(11-12-23(22)28-29-24)18-13-21(16-26-15-18)31-20-9-5-2-6-10-20/h1-16H,(H,27,30)(H,28,29). The summed E-state index contributed by atoms with van der Waals surface area (Å²) in [6.45, 7) is 0. The third kappa shape index (κ3) is 4.00. The molecule has 0 unspecified atom stereocenters. The second-order valence-electron chi connectivity index (χ2n) is 6.98. The first-order chi connectivity index (χ1) is 15.3. The van der Waals surface area contributed by atoms with Crippen LogP contribution in [0.15, 0.2) is 97.3 Å². The van der Waals surface area contributed by atoms with Crippen molar-refractivity contribution in [3.8, 4) is 22.6 Å². The first-order valence-electron chi connectivity index (χ1n) is 9.79. The highest BCUT2D eigenvalue weighted by Gasteiger charge is 2.15. The molecule has 1 amide bonds. The quantitative estimate of drug-likeness (QED) is 0.394. The molecule has 5 aromatic rings. The van der Waals surface area contributed by atoms with Crippen LogP contribution in [-0.4, -0.2) is 21.1 Å². The average molecular weight is 406 g/mol. The molecule has 0 aliphatic carbocycles. The van der Waals surface area contributed by atoms with E-state index in [1.165, 1.54) is 0 Å². The summed E-state index contributed by atoms with van der Waals surface area (Å²) in [5.74, 6) is 1.11. The highest BCUT2D eigenvalue weighted by Crippen LogP contribution is 2.29. The number of carbonyl (C=O) groups excluding carboxylic acids is 1. The van der Waals surface area contributed by atoms with Crippen molar-refractivity contribution in [2.45, 2.75) is 0 Å². The monoisotopic (exact) mass is 406 g/mol. The Morgan fingerprint density at radius 1 is 0.806 bits per heavy atom. The molecule has 2 heterocycles. The van der Waals surface area contributed by atoms with Gasteiger partial charge in [-0.05, 0) is 48.0 Å². The summed E-state index contributed by atoms with van der Waals surface area (Å²) in [6.07, 6.45) is 3.44. The van der Waals surface area contributed by atoms with Gasteiger partial charge in [-0.15, -0.1) is 0 Å². The van der Waals surface area contributed by atoms with Gasteiger partial charge in [-0.2, -0.15) is 5.10 Å². The van der Waals surface area contributed by atoms with Gasteiger partial charge in [0.1, 0.15) is 11.5 Å². The van der Waals surface area contributed by atoms with E-state index >= 15 is 0 Å². The van der Waals surface area contributed by atoms with Crippen LogP contribution >= 0.6 is 0 Å². The number of hydrogen-bond donors (Lipinski definition) is 2. The second kappa shape index (κ2) is 8.12. The molecule has 0 saturated heterocycles. The van der Waals surface area contributed by atoms with Gasteiger partial charge in [0.25, 0.3) is 5.91 Å². The molecule has 31 heavy (non-hydrogen) atoms. The van der Waals surface area contributed by atoms with Crippen LogP contribution in [0.25, 0.3) is 22.0 Å². The number of aromatic nitrogens is 3. The minimum atomic E-state index is -0.270. The Balaban J connectivity index is 1.45. The zero-order valence-corrected chi connectivity index (χ0v) is 16.4. The van der Waals surface area contributed by atoms with Crippen LogP contribution in [0.4, 0.5) is 5.69 Å². The second-order valence-corrected chi connectivity index (χ2v) is 6.98. The molecule has 0 atom stereocenters. The highest BCUT2D eigenvalue weighted by molar-refractivity contribution is 6.11. The summed E-state index contributed by atoms with van der Waals surface area (Å²) in [5.41, 5.74) is 3.63. The summed E-state index contributed by atoms with van der Waals surface area (Å²) in [4.78, 5) is 17.1. The molecule has 0 radical (unpaired) electrons. The minimum absolute atomic E-state index is 0.270. The molecule has 2 aromatic heterocycles. The van der Waals surface area contributed by atoms with Crippen molar-refractivity contribution in [1.29, 1.82) is 0 Å². The predicted molar refractivity (Wildman–Crippen MR) is 120 cm³/mol. The van der Waals surface area contributed by atoms with Gasteiger partial charge < -0.3 is 10.1 Å². The average Bonchev–Trinajstić information content (AvgIpc) is 3.24. The van der Waals surface area contributed by atoms with E-state index in [1.807, 2.05) is 84.9 Å². The van der Waals surface area contributed by atoms with Gasteiger partial charge in [-0.25, -0.2) is 0 Å². The van der Waals surface area contributed by atoms with Crippen molar-refractivity contribution in [1.82, 2.24) is 15.2 Å². The number of ether oxygens (including phenoxy) is 1. The topological polar surface area (TPSA) is 79.9 Å². The molecule has 0 aliphatic rings. The lowest BCUT2D eigenvalue weighted by atomic mass is 10.0. The van der Waals surface area contributed by atoms with E-state index in [0.29, 0.717) is 11.4 Å². The molecule has 6 heteroatoms. The van der Waals surface area contributed by atoms with E-state index in [0.717, 1.165) is 33.5 Å². The van der Waals surface area contributed by atoms with Crippen molar-refractivity contribution in [3.63, 3.8) is 0 Å². The molecule has 0 fully saturated rings. The van der Waals surface area contributed by atoms with Crippen molar-refractivity contribution >= 4 is 22.5 Å². The maximum absolute atomic E-state index is 12.8. The molecule has 5 rings (SSSR count). The number of carbonyl (C=O) groups is 1. The lowest BCUT2D eigenvalue weighted by molar-refractivity contribution is 0.102. The Morgan fingerprint density at radius 3 is 2.39 bits per heavy atom. The smallest absolute Gasteiger partial charge is 0.276 e. The molecule has 6 nitrogen and oxygen atoms in total. The van der Waals surface area contributed by atoms with Crippen LogP contribution in [-0.2, 0) is 0 Å². The number of benzene rings is 3. The summed E-state index contributed by atoms with van der Waals surface area (Å²) < 4.78 is 5.90. The number of rotatable bonds is 5. The highest BCUT2D eigenvalue weighted by atomic mass is 16.5. The summed E-state index contributed by atoms with van der Waals surface area (Å²) in [5, 5.41) is 10.8. The van der Waals surface area contributed by atoms with Crippen molar-refractivity contribution < 1.29 is 9.53 Å². The first kappa shape index (κ1) is 18.6.